The van der Waals surface area contributed by atoms with E-state index in [0.29, 0.717) is 45.0 Å². The first-order chi connectivity index (χ1) is 14.5. The van der Waals surface area contributed by atoms with Gasteiger partial charge in [-0.1, -0.05) is 6.07 Å². The van der Waals surface area contributed by atoms with Crippen molar-refractivity contribution >= 4 is 21.6 Å². The third-order valence-electron chi connectivity index (χ3n) is 5.22. The molecule has 1 fully saturated rings. The Morgan fingerprint density at radius 1 is 1.13 bits per heavy atom. The average molecular weight is 429 g/mol. The van der Waals surface area contributed by atoms with Crippen molar-refractivity contribution in [3.05, 3.63) is 66.1 Å². The number of sulfonamides is 1. The van der Waals surface area contributed by atoms with E-state index in [2.05, 4.69) is 4.98 Å². The van der Waals surface area contributed by atoms with Crippen LogP contribution < -0.4 is 0 Å². The molecule has 0 unspecified atom stereocenters. The Bertz CT molecular complexity index is 1140. The number of hydrogen-bond donors (Lipinski definition) is 0. The zero-order valence-electron chi connectivity index (χ0n) is 16.8. The lowest BCUT2D eigenvalue weighted by atomic mass is 10.2. The van der Waals surface area contributed by atoms with Crippen LogP contribution in [0.15, 0.2) is 59.8 Å². The molecule has 0 saturated carbocycles. The number of nitrogens with zero attached hydrogens (tertiary/aromatic N) is 4. The van der Waals surface area contributed by atoms with Crippen molar-refractivity contribution in [2.24, 2.45) is 0 Å². The van der Waals surface area contributed by atoms with Crippen LogP contribution in [0, 0.1) is 0 Å². The first-order valence-corrected chi connectivity index (χ1v) is 11.3. The van der Waals surface area contributed by atoms with Gasteiger partial charge in [-0.05, 0) is 43.3 Å². The predicted octanol–water partition coefficient (Wildman–Crippen LogP) is 2.02. The van der Waals surface area contributed by atoms with E-state index in [1.165, 1.54) is 16.4 Å². The molecule has 3 heterocycles. The lowest BCUT2D eigenvalue weighted by Crippen LogP contribution is -2.40. The molecule has 3 aromatic rings. The molecular formula is C21H24N4O4S. The van der Waals surface area contributed by atoms with Gasteiger partial charge in [0.1, 0.15) is 5.65 Å². The SMILES string of the molecule is CCN(Cc1cnc2ccccn12)C(=O)c1ccc(S(=O)(=O)N2CCOCC2)cc1. The number of benzene rings is 1. The molecule has 30 heavy (non-hydrogen) atoms. The van der Waals surface area contributed by atoms with Gasteiger partial charge in [0.2, 0.25) is 10.0 Å². The van der Waals surface area contributed by atoms with Gasteiger partial charge in [0.25, 0.3) is 5.91 Å². The largest absolute Gasteiger partial charge is 0.379 e. The number of carbonyl (C=O) groups excluding carboxylic acids is 1. The summed E-state index contributed by atoms with van der Waals surface area (Å²) >= 11 is 0. The fourth-order valence-corrected chi connectivity index (χ4v) is 4.92. The van der Waals surface area contributed by atoms with Gasteiger partial charge in [-0.3, -0.25) is 4.79 Å². The van der Waals surface area contributed by atoms with Crippen LogP contribution in [0.25, 0.3) is 5.65 Å². The molecule has 4 rings (SSSR count). The molecule has 1 amide bonds. The van der Waals surface area contributed by atoms with E-state index < -0.39 is 10.0 Å². The average Bonchev–Trinajstić information content (AvgIpc) is 3.20. The van der Waals surface area contributed by atoms with Gasteiger partial charge in [-0.15, -0.1) is 0 Å². The Morgan fingerprint density at radius 2 is 1.87 bits per heavy atom. The van der Waals surface area contributed by atoms with Crippen molar-refractivity contribution in [3.63, 3.8) is 0 Å². The summed E-state index contributed by atoms with van der Waals surface area (Å²) in [7, 11) is -3.58. The van der Waals surface area contributed by atoms with Crippen LogP contribution in [0.5, 0.6) is 0 Å². The molecule has 2 aromatic heterocycles. The number of imidazole rings is 1. The Morgan fingerprint density at radius 3 is 2.57 bits per heavy atom. The van der Waals surface area contributed by atoms with Gasteiger partial charge >= 0.3 is 0 Å². The lowest BCUT2D eigenvalue weighted by Gasteiger charge is -2.26. The molecule has 9 heteroatoms. The number of aromatic nitrogens is 2. The van der Waals surface area contributed by atoms with Crippen LogP contribution in [-0.2, 0) is 21.3 Å². The first kappa shape index (κ1) is 20.5. The Hall–Kier alpha value is -2.75. The minimum Gasteiger partial charge on any atom is -0.379 e. The number of rotatable bonds is 6. The highest BCUT2D eigenvalue weighted by atomic mass is 32.2. The molecule has 0 radical (unpaired) electrons. The maximum absolute atomic E-state index is 13.0. The fourth-order valence-electron chi connectivity index (χ4n) is 3.51. The molecule has 8 nitrogen and oxygen atoms in total. The second-order valence-electron chi connectivity index (χ2n) is 7.04. The van der Waals surface area contributed by atoms with E-state index in [-0.39, 0.29) is 10.8 Å². The Kier molecular flexibility index (Phi) is 5.85. The van der Waals surface area contributed by atoms with Crippen molar-refractivity contribution in [2.75, 3.05) is 32.8 Å². The number of morpholine rings is 1. The summed E-state index contributed by atoms with van der Waals surface area (Å²) in [5.74, 6) is -0.154. The van der Waals surface area contributed by atoms with Crippen molar-refractivity contribution < 1.29 is 17.9 Å². The summed E-state index contributed by atoms with van der Waals surface area (Å²) < 4.78 is 34.1. The molecular weight excluding hydrogens is 404 g/mol. The van der Waals surface area contributed by atoms with Crippen LogP contribution in [0.4, 0.5) is 0 Å². The zero-order valence-corrected chi connectivity index (χ0v) is 17.6. The van der Waals surface area contributed by atoms with E-state index in [1.54, 1.807) is 23.2 Å². The predicted molar refractivity (Wildman–Crippen MR) is 112 cm³/mol. The minimum atomic E-state index is -3.58. The van der Waals surface area contributed by atoms with Crippen LogP contribution in [0.1, 0.15) is 23.0 Å². The van der Waals surface area contributed by atoms with Crippen LogP contribution >= 0.6 is 0 Å². The number of ether oxygens (including phenoxy) is 1. The molecule has 158 valence electrons. The minimum absolute atomic E-state index is 0.154. The molecule has 1 aromatic carbocycles. The fraction of sp³-hybridized carbons (Fsp3) is 0.333. The van der Waals surface area contributed by atoms with Crippen LogP contribution in [0.2, 0.25) is 0 Å². The molecule has 0 bridgehead atoms. The monoisotopic (exact) mass is 428 g/mol. The van der Waals surface area contributed by atoms with E-state index >= 15 is 0 Å². The third-order valence-corrected chi connectivity index (χ3v) is 7.14. The van der Waals surface area contributed by atoms with Gasteiger partial charge in [0.05, 0.1) is 36.5 Å². The number of pyridine rings is 1. The highest BCUT2D eigenvalue weighted by Gasteiger charge is 2.26. The first-order valence-electron chi connectivity index (χ1n) is 9.89. The number of hydrogen-bond acceptors (Lipinski definition) is 5. The number of fused-ring (bicyclic) bond motifs is 1. The summed E-state index contributed by atoms with van der Waals surface area (Å²) in [6.07, 6.45) is 3.69. The lowest BCUT2D eigenvalue weighted by molar-refractivity contribution is 0.0730. The van der Waals surface area contributed by atoms with Crippen LogP contribution in [0.3, 0.4) is 0 Å². The van der Waals surface area contributed by atoms with E-state index in [0.717, 1.165) is 11.3 Å². The van der Waals surface area contributed by atoms with Crippen molar-refractivity contribution in [1.82, 2.24) is 18.6 Å². The Labute approximate surface area is 175 Å². The number of amides is 1. The van der Waals surface area contributed by atoms with Gasteiger partial charge in [-0.25, -0.2) is 13.4 Å². The third kappa shape index (κ3) is 3.96. The quantitative estimate of drug-likeness (QED) is 0.600. The summed E-state index contributed by atoms with van der Waals surface area (Å²) in [4.78, 5) is 19.3. The molecule has 0 atom stereocenters. The van der Waals surface area contributed by atoms with Crippen molar-refractivity contribution in [1.29, 1.82) is 0 Å². The molecule has 1 aliphatic rings. The smallest absolute Gasteiger partial charge is 0.254 e. The summed E-state index contributed by atoms with van der Waals surface area (Å²) in [6, 6.07) is 11.9. The standard InChI is InChI=1S/C21H24N4O4S/c1-2-23(16-18-15-22-20-5-3-4-10-25(18)20)21(26)17-6-8-19(9-7-17)30(27,28)24-11-13-29-14-12-24/h3-10,15H,2,11-14,16H2,1H3. The van der Waals surface area contributed by atoms with Gasteiger partial charge in [-0.2, -0.15) is 4.31 Å². The van der Waals surface area contributed by atoms with Gasteiger partial charge in [0.15, 0.2) is 0 Å². The second kappa shape index (κ2) is 8.55. The summed E-state index contributed by atoms with van der Waals surface area (Å²) in [6.45, 7) is 4.31. The molecule has 1 aliphatic heterocycles. The molecule has 0 N–H and O–H groups in total. The highest BCUT2D eigenvalue weighted by Crippen LogP contribution is 2.19. The van der Waals surface area contributed by atoms with Gasteiger partial charge < -0.3 is 14.0 Å². The number of carbonyl (C=O) groups is 1. The Balaban J connectivity index is 1.52. The van der Waals surface area contributed by atoms with Crippen molar-refractivity contribution in [2.45, 2.75) is 18.4 Å². The van der Waals surface area contributed by atoms with E-state index in [4.69, 9.17) is 4.74 Å². The highest BCUT2D eigenvalue weighted by molar-refractivity contribution is 7.89. The molecule has 0 aliphatic carbocycles. The summed E-state index contributed by atoms with van der Waals surface area (Å²) in [5.41, 5.74) is 2.19. The van der Waals surface area contributed by atoms with Crippen molar-refractivity contribution in [3.8, 4) is 0 Å². The molecule has 0 spiro atoms. The van der Waals surface area contributed by atoms with E-state index in [9.17, 15) is 13.2 Å². The summed E-state index contributed by atoms with van der Waals surface area (Å²) in [5, 5.41) is 0. The zero-order chi connectivity index (χ0) is 21.1. The normalized spacial score (nSPS) is 15.4. The maximum Gasteiger partial charge on any atom is 0.254 e. The molecule has 1 saturated heterocycles. The van der Waals surface area contributed by atoms with Crippen LogP contribution in [-0.4, -0.2) is 65.8 Å². The maximum atomic E-state index is 13.0. The van der Waals surface area contributed by atoms with Gasteiger partial charge in [0, 0.05) is 31.4 Å². The second-order valence-corrected chi connectivity index (χ2v) is 8.98. The van der Waals surface area contributed by atoms with E-state index in [1.807, 2.05) is 35.7 Å². The topological polar surface area (TPSA) is 84.2 Å².